The highest BCUT2D eigenvalue weighted by atomic mass is 32.1. The molecule has 0 saturated carbocycles. The second-order valence-electron chi connectivity index (χ2n) is 4.86. The van der Waals surface area contributed by atoms with Crippen LogP contribution < -0.4 is 10.2 Å². The van der Waals surface area contributed by atoms with Crippen LogP contribution in [-0.4, -0.2) is 23.1 Å². The maximum atomic E-state index is 4.66. The lowest BCUT2D eigenvalue weighted by atomic mass is 10.3. The van der Waals surface area contributed by atoms with Crippen LogP contribution in [0.25, 0.3) is 0 Å². The van der Waals surface area contributed by atoms with Crippen LogP contribution in [0.2, 0.25) is 0 Å². The van der Waals surface area contributed by atoms with Crippen molar-refractivity contribution in [1.29, 1.82) is 0 Å². The summed E-state index contributed by atoms with van der Waals surface area (Å²) in [7, 11) is 2.04. The zero-order chi connectivity index (χ0) is 13.7. The molecule has 5 heteroatoms. The summed E-state index contributed by atoms with van der Waals surface area (Å²) in [5.41, 5.74) is 4.01. The number of nitrogens with one attached hydrogen (secondary N) is 1. The Bertz CT molecular complexity index is 496. The molecule has 0 fully saturated rings. The smallest absolute Gasteiger partial charge is 0.128 e. The van der Waals surface area contributed by atoms with Crippen LogP contribution >= 0.6 is 11.3 Å². The molecule has 0 aliphatic heterocycles. The molecule has 19 heavy (non-hydrogen) atoms. The molecular formula is C14H20N4S. The number of aromatic nitrogens is 2. The van der Waals surface area contributed by atoms with E-state index in [4.69, 9.17) is 0 Å². The third-order valence-corrected chi connectivity index (χ3v) is 3.39. The van der Waals surface area contributed by atoms with E-state index in [0.717, 1.165) is 30.3 Å². The summed E-state index contributed by atoms with van der Waals surface area (Å²) in [5.74, 6) is 0.982. The Morgan fingerprint density at radius 1 is 1.32 bits per heavy atom. The normalized spacial score (nSPS) is 10.9. The van der Waals surface area contributed by atoms with Crippen molar-refractivity contribution in [1.82, 2.24) is 15.3 Å². The van der Waals surface area contributed by atoms with E-state index < -0.39 is 0 Å². The van der Waals surface area contributed by atoms with Crippen molar-refractivity contribution >= 4 is 17.2 Å². The molecule has 0 amide bonds. The van der Waals surface area contributed by atoms with E-state index in [1.54, 1.807) is 11.3 Å². The van der Waals surface area contributed by atoms with Gasteiger partial charge in [0.1, 0.15) is 5.82 Å². The van der Waals surface area contributed by atoms with E-state index >= 15 is 0 Å². The van der Waals surface area contributed by atoms with Gasteiger partial charge in [0.05, 0.1) is 23.4 Å². The van der Waals surface area contributed by atoms with Crippen LogP contribution in [0, 0.1) is 0 Å². The molecule has 0 unspecified atom stereocenters. The average Bonchev–Trinajstić information content (AvgIpc) is 2.89. The first-order chi connectivity index (χ1) is 9.15. The molecule has 0 saturated heterocycles. The van der Waals surface area contributed by atoms with E-state index in [2.05, 4.69) is 51.5 Å². The number of pyridine rings is 1. The van der Waals surface area contributed by atoms with Gasteiger partial charge in [-0.05, 0) is 12.1 Å². The van der Waals surface area contributed by atoms with Gasteiger partial charge >= 0.3 is 0 Å². The van der Waals surface area contributed by atoms with Crippen molar-refractivity contribution < 1.29 is 0 Å². The molecule has 0 aliphatic carbocycles. The summed E-state index contributed by atoms with van der Waals surface area (Å²) in [6, 6.07) is 6.61. The Kier molecular flexibility index (Phi) is 4.87. The van der Waals surface area contributed by atoms with Gasteiger partial charge in [0, 0.05) is 25.0 Å². The molecule has 0 aromatic carbocycles. The molecule has 0 atom stereocenters. The van der Waals surface area contributed by atoms with Crippen molar-refractivity contribution in [3.8, 4) is 0 Å². The Balaban J connectivity index is 2.01. The number of rotatable bonds is 6. The summed E-state index contributed by atoms with van der Waals surface area (Å²) in [6.45, 7) is 5.87. The van der Waals surface area contributed by atoms with Gasteiger partial charge < -0.3 is 10.2 Å². The predicted octanol–water partition coefficient (Wildman–Crippen LogP) is 2.67. The van der Waals surface area contributed by atoms with Gasteiger partial charge in [-0.3, -0.25) is 0 Å². The van der Waals surface area contributed by atoms with Crippen molar-refractivity contribution in [2.75, 3.05) is 11.9 Å². The fourth-order valence-electron chi connectivity index (χ4n) is 1.73. The number of anilines is 1. The van der Waals surface area contributed by atoms with Crippen molar-refractivity contribution in [2.24, 2.45) is 0 Å². The third-order valence-electron chi connectivity index (χ3n) is 2.76. The first-order valence-corrected chi connectivity index (χ1v) is 7.37. The molecule has 2 rings (SSSR count). The summed E-state index contributed by atoms with van der Waals surface area (Å²) < 4.78 is 0. The van der Waals surface area contributed by atoms with E-state index in [0.29, 0.717) is 6.04 Å². The van der Waals surface area contributed by atoms with Crippen LogP contribution in [0.3, 0.4) is 0 Å². The zero-order valence-corrected chi connectivity index (χ0v) is 12.4. The van der Waals surface area contributed by atoms with Gasteiger partial charge in [-0.2, -0.15) is 0 Å². The van der Waals surface area contributed by atoms with E-state index in [9.17, 15) is 0 Å². The van der Waals surface area contributed by atoms with Crippen LogP contribution in [0.5, 0.6) is 0 Å². The number of hydrogen-bond acceptors (Lipinski definition) is 5. The second kappa shape index (κ2) is 6.63. The molecule has 4 nitrogen and oxygen atoms in total. The molecule has 0 bridgehead atoms. The standard InChI is InChI=1S/C14H20N4S/c1-11(2)15-7-12-5-4-6-14(17-12)18(3)8-13-9-19-10-16-13/h4-6,9-11,15H,7-8H2,1-3H3. The number of nitrogens with zero attached hydrogens (tertiary/aromatic N) is 3. The predicted molar refractivity (Wildman–Crippen MR) is 80.4 cm³/mol. The molecular weight excluding hydrogens is 256 g/mol. The van der Waals surface area contributed by atoms with Crippen LogP contribution in [0.15, 0.2) is 29.1 Å². The van der Waals surface area contributed by atoms with Gasteiger partial charge in [0.15, 0.2) is 0 Å². The van der Waals surface area contributed by atoms with Gasteiger partial charge in [-0.1, -0.05) is 19.9 Å². The van der Waals surface area contributed by atoms with Gasteiger partial charge in [0.2, 0.25) is 0 Å². The highest BCUT2D eigenvalue weighted by Crippen LogP contribution is 2.13. The Morgan fingerprint density at radius 2 is 2.16 bits per heavy atom. The quantitative estimate of drug-likeness (QED) is 0.880. The first kappa shape index (κ1) is 14.0. The minimum Gasteiger partial charge on any atom is -0.354 e. The van der Waals surface area contributed by atoms with E-state index in [1.807, 2.05) is 18.6 Å². The molecule has 0 radical (unpaired) electrons. The highest BCUT2D eigenvalue weighted by molar-refractivity contribution is 7.07. The second-order valence-corrected chi connectivity index (χ2v) is 5.58. The number of hydrogen-bond donors (Lipinski definition) is 1. The Hall–Kier alpha value is -1.46. The summed E-state index contributed by atoms with van der Waals surface area (Å²) in [6.07, 6.45) is 0. The highest BCUT2D eigenvalue weighted by Gasteiger charge is 2.06. The molecule has 0 spiro atoms. The lowest BCUT2D eigenvalue weighted by Gasteiger charge is -2.18. The average molecular weight is 276 g/mol. The van der Waals surface area contributed by atoms with Crippen molar-refractivity contribution in [3.05, 3.63) is 40.5 Å². The topological polar surface area (TPSA) is 41.0 Å². The summed E-state index contributed by atoms with van der Waals surface area (Å²) in [5, 5.41) is 5.45. The molecule has 102 valence electrons. The minimum absolute atomic E-state index is 0.471. The monoisotopic (exact) mass is 276 g/mol. The fraction of sp³-hybridized carbons (Fsp3) is 0.429. The molecule has 0 aliphatic rings. The SMILES string of the molecule is CC(C)NCc1cccc(N(C)Cc2cscn2)n1. The maximum Gasteiger partial charge on any atom is 0.128 e. The summed E-state index contributed by atoms with van der Waals surface area (Å²) in [4.78, 5) is 11.1. The van der Waals surface area contributed by atoms with Crippen LogP contribution in [-0.2, 0) is 13.1 Å². The zero-order valence-electron chi connectivity index (χ0n) is 11.6. The summed E-state index contributed by atoms with van der Waals surface area (Å²) >= 11 is 1.62. The van der Waals surface area contributed by atoms with E-state index in [-0.39, 0.29) is 0 Å². The van der Waals surface area contributed by atoms with Crippen LogP contribution in [0.4, 0.5) is 5.82 Å². The van der Waals surface area contributed by atoms with Gasteiger partial charge in [0.25, 0.3) is 0 Å². The van der Waals surface area contributed by atoms with Gasteiger partial charge in [-0.25, -0.2) is 9.97 Å². The minimum atomic E-state index is 0.471. The fourth-order valence-corrected chi connectivity index (χ4v) is 2.28. The molecule has 2 aromatic heterocycles. The lowest BCUT2D eigenvalue weighted by molar-refractivity contribution is 0.581. The van der Waals surface area contributed by atoms with Crippen molar-refractivity contribution in [2.45, 2.75) is 33.0 Å². The Morgan fingerprint density at radius 3 is 2.84 bits per heavy atom. The largest absolute Gasteiger partial charge is 0.354 e. The van der Waals surface area contributed by atoms with Crippen LogP contribution in [0.1, 0.15) is 25.2 Å². The molecule has 2 aromatic rings. The molecule has 2 heterocycles. The number of thiazole rings is 1. The Labute approximate surface area is 118 Å². The van der Waals surface area contributed by atoms with Crippen molar-refractivity contribution in [3.63, 3.8) is 0 Å². The van der Waals surface area contributed by atoms with Gasteiger partial charge in [-0.15, -0.1) is 11.3 Å². The lowest BCUT2D eigenvalue weighted by Crippen LogP contribution is -2.23. The maximum absolute atomic E-state index is 4.66. The molecule has 1 N–H and O–H groups in total. The third kappa shape index (κ3) is 4.29. The first-order valence-electron chi connectivity index (χ1n) is 6.42. The van der Waals surface area contributed by atoms with E-state index in [1.165, 1.54) is 0 Å².